The molecule has 1 aromatic heterocycles. The molecule has 1 aliphatic rings. The molecule has 0 spiro atoms. The summed E-state index contributed by atoms with van der Waals surface area (Å²) in [4.78, 5) is 4.08. The molecule has 0 N–H and O–H groups in total. The van der Waals surface area contributed by atoms with Gasteiger partial charge in [0.25, 0.3) is 0 Å². The number of halogens is 1. The average molecular weight is 200 g/mol. The van der Waals surface area contributed by atoms with Gasteiger partial charge in [-0.15, -0.1) is 0 Å². The van der Waals surface area contributed by atoms with E-state index in [1.807, 2.05) is 18.3 Å². The maximum absolute atomic E-state index is 5.08. The van der Waals surface area contributed by atoms with Crippen LogP contribution in [-0.4, -0.2) is 11.6 Å². The van der Waals surface area contributed by atoms with Crippen molar-refractivity contribution in [1.82, 2.24) is 4.98 Å². The van der Waals surface area contributed by atoms with Crippen LogP contribution in [0.15, 0.2) is 22.9 Å². The summed E-state index contributed by atoms with van der Waals surface area (Å²) in [5.74, 6) is 0. The molecule has 1 saturated heterocycles. The largest absolute Gasteiger partial charge is 0.368 e. The lowest BCUT2D eigenvalue weighted by Crippen LogP contribution is -1.81. The second kappa shape index (κ2) is 2.32. The number of pyridine rings is 1. The normalized spacial score (nSPS) is 22.7. The second-order valence-corrected chi connectivity index (χ2v) is 3.05. The lowest BCUT2D eigenvalue weighted by Gasteiger charge is -1.92. The molecule has 0 aromatic carbocycles. The lowest BCUT2D eigenvalue weighted by atomic mass is 10.2. The molecule has 0 radical (unpaired) electrons. The van der Waals surface area contributed by atoms with Crippen LogP contribution in [0.1, 0.15) is 11.7 Å². The average Bonchev–Trinajstić information content (AvgIpc) is 2.71. The molecule has 10 heavy (non-hydrogen) atoms. The summed E-state index contributed by atoms with van der Waals surface area (Å²) < 4.78 is 5.95. The van der Waals surface area contributed by atoms with Gasteiger partial charge in [0, 0.05) is 11.8 Å². The van der Waals surface area contributed by atoms with Crippen LogP contribution in [0.3, 0.4) is 0 Å². The van der Waals surface area contributed by atoms with E-state index in [9.17, 15) is 0 Å². The Morgan fingerprint density at radius 1 is 1.60 bits per heavy atom. The molecule has 0 aliphatic carbocycles. The van der Waals surface area contributed by atoms with Crippen LogP contribution in [-0.2, 0) is 4.74 Å². The van der Waals surface area contributed by atoms with E-state index in [2.05, 4.69) is 20.9 Å². The van der Waals surface area contributed by atoms with Gasteiger partial charge in [0.1, 0.15) is 10.7 Å². The maximum atomic E-state index is 5.08. The Balaban J connectivity index is 2.28. The van der Waals surface area contributed by atoms with Gasteiger partial charge < -0.3 is 4.74 Å². The van der Waals surface area contributed by atoms with Gasteiger partial charge in [0.15, 0.2) is 0 Å². The van der Waals surface area contributed by atoms with Crippen LogP contribution in [0, 0.1) is 0 Å². The third-order valence-corrected chi connectivity index (χ3v) is 1.92. The number of epoxide rings is 1. The molecule has 0 amide bonds. The first-order valence-corrected chi connectivity index (χ1v) is 3.88. The van der Waals surface area contributed by atoms with Crippen molar-refractivity contribution in [3.63, 3.8) is 0 Å². The molecule has 1 atom stereocenters. The zero-order chi connectivity index (χ0) is 6.97. The molecule has 0 saturated carbocycles. The van der Waals surface area contributed by atoms with Gasteiger partial charge in [0.2, 0.25) is 0 Å². The van der Waals surface area contributed by atoms with E-state index in [1.54, 1.807) is 0 Å². The summed E-state index contributed by atoms with van der Waals surface area (Å²) in [5.41, 5.74) is 1.17. The molecule has 0 bridgehead atoms. The molecular weight excluding hydrogens is 194 g/mol. The highest BCUT2D eigenvalue weighted by Gasteiger charge is 2.24. The quantitative estimate of drug-likeness (QED) is 0.511. The van der Waals surface area contributed by atoms with E-state index in [0.29, 0.717) is 6.10 Å². The Kier molecular flexibility index (Phi) is 1.47. The first kappa shape index (κ1) is 6.31. The van der Waals surface area contributed by atoms with Gasteiger partial charge in [0.05, 0.1) is 6.61 Å². The summed E-state index contributed by atoms with van der Waals surface area (Å²) in [7, 11) is 0. The highest BCUT2D eigenvalue weighted by atomic mass is 79.9. The molecule has 52 valence electrons. The van der Waals surface area contributed by atoms with Crippen molar-refractivity contribution in [1.29, 1.82) is 0 Å². The van der Waals surface area contributed by atoms with Crippen molar-refractivity contribution in [3.05, 3.63) is 28.5 Å². The number of hydrogen-bond acceptors (Lipinski definition) is 2. The van der Waals surface area contributed by atoms with Gasteiger partial charge in [-0.05, 0) is 22.0 Å². The monoisotopic (exact) mass is 199 g/mol. The Hall–Kier alpha value is -0.410. The number of rotatable bonds is 1. The molecular formula is C7H6BrNO. The predicted molar refractivity (Wildman–Crippen MR) is 40.6 cm³/mol. The topological polar surface area (TPSA) is 25.4 Å². The van der Waals surface area contributed by atoms with Gasteiger partial charge in [-0.2, -0.15) is 0 Å². The third-order valence-electron chi connectivity index (χ3n) is 1.46. The molecule has 2 rings (SSSR count). The van der Waals surface area contributed by atoms with Crippen LogP contribution in [0.2, 0.25) is 0 Å². The van der Waals surface area contributed by atoms with E-state index in [4.69, 9.17) is 4.74 Å². The smallest absolute Gasteiger partial charge is 0.107 e. The predicted octanol–water partition coefficient (Wildman–Crippen LogP) is 1.92. The summed E-state index contributed by atoms with van der Waals surface area (Å²) in [6, 6.07) is 3.95. The van der Waals surface area contributed by atoms with Crippen molar-refractivity contribution in [3.8, 4) is 0 Å². The molecule has 1 aromatic rings. The molecule has 2 nitrogen and oxygen atoms in total. The van der Waals surface area contributed by atoms with E-state index < -0.39 is 0 Å². The molecule has 3 heteroatoms. The van der Waals surface area contributed by atoms with E-state index in [0.717, 1.165) is 11.2 Å². The van der Waals surface area contributed by atoms with Crippen LogP contribution < -0.4 is 0 Å². The SMILES string of the molecule is Brc1ccc(C2CO2)cn1. The number of hydrogen-bond donors (Lipinski definition) is 0. The van der Waals surface area contributed by atoms with Crippen LogP contribution in [0.5, 0.6) is 0 Å². The number of nitrogens with zero attached hydrogens (tertiary/aromatic N) is 1. The van der Waals surface area contributed by atoms with E-state index in [-0.39, 0.29) is 0 Å². The number of ether oxygens (including phenoxy) is 1. The standard InChI is InChI=1S/C7H6BrNO/c8-7-2-1-5(3-9-7)6-4-10-6/h1-3,6H,4H2. The first-order chi connectivity index (χ1) is 4.86. The molecule has 2 heterocycles. The summed E-state index contributed by atoms with van der Waals surface area (Å²) in [5, 5.41) is 0. The Morgan fingerprint density at radius 2 is 2.40 bits per heavy atom. The van der Waals surface area contributed by atoms with Crippen LogP contribution in [0.4, 0.5) is 0 Å². The number of aromatic nitrogens is 1. The fourth-order valence-corrected chi connectivity index (χ4v) is 1.05. The summed E-state index contributed by atoms with van der Waals surface area (Å²) in [6.45, 7) is 0.851. The Labute approximate surface area is 67.4 Å². The summed E-state index contributed by atoms with van der Waals surface area (Å²) in [6.07, 6.45) is 2.16. The second-order valence-electron chi connectivity index (χ2n) is 2.24. The van der Waals surface area contributed by atoms with Crippen LogP contribution >= 0.6 is 15.9 Å². The minimum Gasteiger partial charge on any atom is -0.368 e. The first-order valence-electron chi connectivity index (χ1n) is 3.09. The molecule has 1 aliphatic heterocycles. The highest BCUT2D eigenvalue weighted by Crippen LogP contribution is 2.29. The third kappa shape index (κ3) is 1.20. The lowest BCUT2D eigenvalue weighted by molar-refractivity contribution is 0.415. The minimum absolute atomic E-state index is 0.320. The highest BCUT2D eigenvalue weighted by molar-refractivity contribution is 9.10. The van der Waals surface area contributed by atoms with Gasteiger partial charge in [-0.25, -0.2) is 4.98 Å². The fourth-order valence-electron chi connectivity index (χ4n) is 0.818. The zero-order valence-corrected chi connectivity index (χ0v) is 6.84. The minimum atomic E-state index is 0.320. The Morgan fingerprint density at radius 3 is 2.90 bits per heavy atom. The van der Waals surface area contributed by atoms with Crippen LogP contribution in [0.25, 0.3) is 0 Å². The van der Waals surface area contributed by atoms with Crippen molar-refractivity contribution in [2.45, 2.75) is 6.10 Å². The molecule has 1 unspecified atom stereocenters. The van der Waals surface area contributed by atoms with Gasteiger partial charge in [-0.3, -0.25) is 0 Å². The Bertz CT molecular complexity index is 230. The van der Waals surface area contributed by atoms with Crippen molar-refractivity contribution in [2.24, 2.45) is 0 Å². The fraction of sp³-hybridized carbons (Fsp3) is 0.286. The summed E-state index contributed by atoms with van der Waals surface area (Å²) >= 11 is 3.26. The molecule has 1 fully saturated rings. The van der Waals surface area contributed by atoms with Crippen molar-refractivity contribution in [2.75, 3.05) is 6.61 Å². The van der Waals surface area contributed by atoms with E-state index >= 15 is 0 Å². The van der Waals surface area contributed by atoms with Crippen molar-refractivity contribution < 1.29 is 4.74 Å². The van der Waals surface area contributed by atoms with E-state index in [1.165, 1.54) is 5.56 Å². The van der Waals surface area contributed by atoms with Crippen molar-refractivity contribution >= 4 is 15.9 Å². The zero-order valence-electron chi connectivity index (χ0n) is 5.25. The van der Waals surface area contributed by atoms with Gasteiger partial charge in [-0.1, -0.05) is 6.07 Å². The van der Waals surface area contributed by atoms with Gasteiger partial charge >= 0.3 is 0 Å². The maximum Gasteiger partial charge on any atom is 0.107 e.